The van der Waals surface area contributed by atoms with E-state index < -0.39 is 5.60 Å². The minimum absolute atomic E-state index is 0.00808. The summed E-state index contributed by atoms with van der Waals surface area (Å²) < 4.78 is 10.4. The van der Waals surface area contributed by atoms with Crippen molar-refractivity contribution in [1.82, 2.24) is 4.90 Å². The maximum absolute atomic E-state index is 11.6. The van der Waals surface area contributed by atoms with Crippen LogP contribution in [0.4, 0.5) is 4.79 Å². The van der Waals surface area contributed by atoms with Gasteiger partial charge in [-0.1, -0.05) is 0 Å². The van der Waals surface area contributed by atoms with Crippen molar-refractivity contribution in [3.05, 3.63) is 0 Å². The smallest absolute Gasteiger partial charge is 0.412 e. The summed E-state index contributed by atoms with van der Waals surface area (Å²) >= 11 is 0. The molecule has 5 nitrogen and oxygen atoms in total. The van der Waals surface area contributed by atoms with Crippen LogP contribution in [0.15, 0.2) is 0 Å². The monoisotopic (exact) mass is 217 g/mol. The summed E-state index contributed by atoms with van der Waals surface area (Å²) in [5.41, 5.74) is -0.497. The average Bonchev–Trinajstić information content (AvgIpc) is 2.15. The summed E-state index contributed by atoms with van der Waals surface area (Å²) in [6.07, 6.45) is -0.388. The predicted octanol–water partition coefficient (Wildman–Crippen LogP) is 0.820. The Morgan fingerprint density at radius 3 is 2.80 bits per heavy atom. The quantitative estimate of drug-likeness (QED) is 0.706. The first-order valence-electron chi connectivity index (χ1n) is 5.09. The van der Waals surface area contributed by atoms with E-state index in [0.717, 1.165) is 0 Å². The number of rotatable bonds is 1. The third-order valence-corrected chi connectivity index (χ3v) is 1.99. The summed E-state index contributed by atoms with van der Waals surface area (Å²) in [5, 5.41) is 8.96. The summed E-state index contributed by atoms with van der Waals surface area (Å²) in [7, 11) is 0. The minimum atomic E-state index is -0.497. The van der Waals surface area contributed by atoms with E-state index in [4.69, 9.17) is 14.6 Å². The minimum Gasteiger partial charge on any atom is -0.444 e. The van der Waals surface area contributed by atoms with E-state index in [9.17, 15) is 4.79 Å². The Morgan fingerprint density at radius 2 is 2.27 bits per heavy atom. The van der Waals surface area contributed by atoms with Crippen LogP contribution in [0.1, 0.15) is 20.8 Å². The molecule has 0 saturated carbocycles. The first kappa shape index (κ1) is 12.3. The van der Waals surface area contributed by atoms with Crippen LogP contribution >= 0.6 is 0 Å². The van der Waals surface area contributed by atoms with Gasteiger partial charge in [0, 0.05) is 19.1 Å². The van der Waals surface area contributed by atoms with Gasteiger partial charge in [-0.2, -0.15) is 0 Å². The number of aliphatic hydroxyl groups excluding tert-OH is 1. The molecule has 1 rings (SSSR count). The van der Waals surface area contributed by atoms with Gasteiger partial charge in [-0.25, -0.2) is 4.79 Å². The van der Waals surface area contributed by atoms with Gasteiger partial charge < -0.3 is 14.6 Å². The molecule has 0 spiro atoms. The molecule has 1 amide bonds. The van der Waals surface area contributed by atoms with Gasteiger partial charge in [0.25, 0.3) is 0 Å². The molecule has 0 radical (unpaired) electrons. The molecule has 1 heterocycles. The fourth-order valence-electron chi connectivity index (χ4n) is 1.31. The number of nitrogens with zero attached hydrogens (tertiary/aromatic N) is 1. The molecule has 1 saturated heterocycles. The zero-order valence-electron chi connectivity index (χ0n) is 9.52. The van der Waals surface area contributed by atoms with Gasteiger partial charge in [-0.05, 0) is 20.8 Å². The van der Waals surface area contributed by atoms with Crippen molar-refractivity contribution in [2.24, 2.45) is 5.92 Å². The van der Waals surface area contributed by atoms with Crippen LogP contribution < -0.4 is 0 Å². The third-order valence-electron chi connectivity index (χ3n) is 1.99. The summed E-state index contributed by atoms with van der Waals surface area (Å²) in [6.45, 7) is 6.71. The van der Waals surface area contributed by atoms with Crippen LogP contribution in [0.2, 0.25) is 0 Å². The lowest BCUT2D eigenvalue weighted by Gasteiger charge is -2.33. The molecule has 0 aromatic rings. The number of carbonyl (C=O) groups is 1. The van der Waals surface area contributed by atoms with E-state index in [1.54, 1.807) is 0 Å². The van der Waals surface area contributed by atoms with Crippen molar-refractivity contribution in [2.45, 2.75) is 26.4 Å². The zero-order chi connectivity index (χ0) is 11.5. The van der Waals surface area contributed by atoms with E-state index in [-0.39, 0.29) is 25.3 Å². The van der Waals surface area contributed by atoms with Crippen LogP contribution in [0.25, 0.3) is 0 Å². The second-order valence-corrected chi connectivity index (χ2v) is 4.75. The van der Waals surface area contributed by atoms with Gasteiger partial charge in [-0.3, -0.25) is 4.90 Å². The molecule has 1 fully saturated rings. The van der Waals surface area contributed by atoms with E-state index >= 15 is 0 Å². The second-order valence-electron chi connectivity index (χ2n) is 4.75. The van der Waals surface area contributed by atoms with Gasteiger partial charge in [0.05, 0.1) is 6.61 Å². The van der Waals surface area contributed by atoms with Crippen molar-refractivity contribution in [1.29, 1.82) is 0 Å². The summed E-state index contributed by atoms with van der Waals surface area (Å²) in [6, 6.07) is 0. The van der Waals surface area contributed by atoms with E-state index in [0.29, 0.717) is 13.2 Å². The molecule has 0 aromatic heterocycles. The molecule has 0 bridgehead atoms. The van der Waals surface area contributed by atoms with Crippen LogP contribution in [-0.2, 0) is 9.47 Å². The standard InChI is InChI=1S/C10H19NO4/c1-10(2,3)15-9(13)11-4-8(5-12)6-14-7-11/h8,12H,4-7H2,1-3H3. The Labute approximate surface area is 90.0 Å². The highest BCUT2D eigenvalue weighted by Crippen LogP contribution is 2.14. The van der Waals surface area contributed by atoms with Crippen LogP contribution in [0, 0.1) is 5.92 Å². The van der Waals surface area contributed by atoms with E-state index in [2.05, 4.69) is 0 Å². The van der Waals surface area contributed by atoms with Gasteiger partial charge in [0.2, 0.25) is 0 Å². The fraction of sp³-hybridized carbons (Fsp3) is 0.900. The Bertz CT molecular complexity index is 224. The van der Waals surface area contributed by atoms with Crippen molar-refractivity contribution in [3.8, 4) is 0 Å². The first-order valence-corrected chi connectivity index (χ1v) is 5.09. The van der Waals surface area contributed by atoms with Crippen molar-refractivity contribution >= 4 is 6.09 Å². The molecule has 15 heavy (non-hydrogen) atoms. The highest BCUT2D eigenvalue weighted by atomic mass is 16.6. The number of carbonyl (C=O) groups excluding carboxylic acids is 1. The van der Waals surface area contributed by atoms with Crippen LogP contribution in [0.3, 0.4) is 0 Å². The third kappa shape index (κ3) is 4.05. The van der Waals surface area contributed by atoms with Gasteiger partial charge >= 0.3 is 6.09 Å². The largest absolute Gasteiger partial charge is 0.444 e. The molecular formula is C10H19NO4. The number of ether oxygens (including phenoxy) is 2. The second kappa shape index (κ2) is 4.81. The summed E-state index contributed by atoms with van der Waals surface area (Å²) in [4.78, 5) is 13.1. The molecular weight excluding hydrogens is 198 g/mol. The van der Waals surface area contributed by atoms with E-state index in [1.165, 1.54) is 4.90 Å². The molecule has 1 atom stereocenters. The molecule has 0 aromatic carbocycles. The molecule has 0 aliphatic carbocycles. The molecule has 1 unspecified atom stereocenters. The Hall–Kier alpha value is -0.810. The number of amides is 1. The Morgan fingerprint density at radius 1 is 1.60 bits per heavy atom. The lowest BCUT2D eigenvalue weighted by atomic mass is 10.1. The number of hydrogen-bond donors (Lipinski definition) is 1. The fourth-order valence-corrected chi connectivity index (χ4v) is 1.31. The number of hydrogen-bond acceptors (Lipinski definition) is 4. The molecule has 5 heteroatoms. The maximum atomic E-state index is 11.6. The van der Waals surface area contributed by atoms with Crippen molar-refractivity contribution in [3.63, 3.8) is 0 Å². The molecule has 1 aliphatic heterocycles. The highest BCUT2D eigenvalue weighted by molar-refractivity contribution is 5.68. The molecule has 88 valence electrons. The van der Waals surface area contributed by atoms with Gasteiger partial charge in [-0.15, -0.1) is 0 Å². The van der Waals surface area contributed by atoms with Crippen molar-refractivity contribution < 1.29 is 19.4 Å². The lowest BCUT2D eigenvalue weighted by Crippen LogP contribution is -2.46. The van der Waals surface area contributed by atoms with Crippen LogP contribution in [-0.4, -0.2) is 48.2 Å². The Balaban J connectivity index is 2.45. The van der Waals surface area contributed by atoms with Crippen molar-refractivity contribution in [2.75, 3.05) is 26.5 Å². The number of aliphatic hydroxyl groups is 1. The molecule has 1 aliphatic rings. The highest BCUT2D eigenvalue weighted by Gasteiger charge is 2.27. The lowest BCUT2D eigenvalue weighted by molar-refractivity contribution is -0.0658. The summed E-state index contributed by atoms with van der Waals surface area (Å²) in [5.74, 6) is -0.00808. The zero-order valence-corrected chi connectivity index (χ0v) is 9.52. The average molecular weight is 217 g/mol. The predicted molar refractivity (Wildman–Crippen MR) is 54.3 cm³/mol. The SMILES string of the molecule is CC(C)(C)OC(=O)N1COCC(CO)C1. The van der Waals surface area contributed by atoms with Gasteiger partial charge in [0.15, 0.2) is 0 Å². The maximum Gasteiger partial charge on any atom is 0.412 e. The van der Waals surface area contributed by atoms with E-state index in [1.807, 2.05) is 20.8 Å². The molecule has 1 N–H and O–H groups in total. The normalized spacial score (nSPS) is 22.7. The van der Waals surface area contributed by atoms with Gasteiger partial charge in [0.1, 0.15) is 12.3 Å². The first-order chi connectivity index (χ1) is 6.92. The topological polar surface area (TPSA) is 59.0 Å². The Kier molecular flexibility index (Phi) is 3.93. The van der Waals surface area contributed by atoms with Crippen LogP contribution in [0.5, 0.6) is 0 Å².